The molecule has 0 radical (unpaired) electrons. The van der Waals surface area contributed by atoms with Crippen LogP contribution in [0.4, 0.5) is 0 Å². The van der Waals surface area contributed by atoms with Crippen LogP contribution in [0.5, 0.6) is 5.75 Å². The van der Waals surface area contributed by atoms with Crippen molar-refractivity contribution in [2.45, 2.75) is 39.7 Å². The third-order valence-electron chi connectivity index (χ3n) is 4.59. The molecule has 1 aromatic heterocycles. The second-order valence-corrected chi connectivity index (χ2v) is 7.16. The van der Waals surface area contributed by atoms with E-state index in [0.717, 1.165) is 16.5 Å². The summed E-state index contributed by atoms with van der Waals surface area (Å²) in [7, 11) is 0. The third kappa shape index (κ3) is 3.73. The number of benzene rings is 2. The van der Waals surface area contributed by atoms with Gasteiger partial charge in [-0.3, -0.25) is 4.57 Å². The summed E-state index contributed by atoms with van der Waals surface area (Å²) in [5.74, 6) is 3.58. The lowest BCUT2D eigenvalue weighted by molar-refractivity contribution is 0.371. The minimum atomic E-state index is -0.252. The van der Waals surface area contributed by atoms with Crippen LogP contribution in [-0.4, -0.2) is 16.2 Å². The Morgan fingerprint density at radius 3 is 2.41 bits per heavy atom. The Morgan fingerprint density at radius 1 is 1.11 bits per heavy atom. The molecule has 0 fully saturated rings. The number of hydrogen-bond acceptors (Lipinski definition) is 3. The standard InChI is InChI=1S/C23H24N2O2/c1-6-13-27-19-11-12-21-20(14-19)22(24-23(26)25(21)16(4)5)18-9-7-17(8-10-18)15(2)3/h1,7-12,14-16H,13H2,2-5H3. The van der Waals surface area contributed by atoms with Gasteiger partial charge in [0.25, 0.3) is 0 Å². The Hall–Kier alpha value is -3.06. The minimum Gasteiger partial charge on any atom is -0.481 e. The molecule has 1 heterocycles. The highest BCUT2D eigenvalue weighted by Gasteiger charge is 2.15. The molecule has 3 aromatic rings. The summed E-state index contributed by atoms with van der Waals surface area (Å²) in [6, 6.07) is 13.8. The van der Waals surface area contributed by atoms with Crippen LogP contribution in [0, 0.1) is 12.3 Å². The number of hydrogen-bond donors (Lipinski definition) is 0. The van der Waals surface area contributed by atoms with Crippen LogP contribution in [0.15, 0.2) is 47.3 Å². The SMILES string of the molecule is C#CCOc1ccc2c(c1)c(-c1ccc(C(C)C)cc1)nc(=O)n2C(C)C. The molecule has 0 amide bonds. The number of aromatic nitrogens is 2. The normalized spacial score (nSPS) is 11.1. The molecule has 0 saturated heterocycles. The monoisotopic (exact) mass is 360 g/mol. The first-order valence-electron chi connectivity index (χ1n) is 9.15. The lowest BCUT2D eigenvalue weighted by Gasteiger charge is -2.17. The predicted octanol–water partition coefficient (Wildman–Crippen LogP) is 4.78. The minimum absolute atomic E-state index is 0.00217. The van der Waals surface area contributed by atoms with Gasteiger partial charge in [0.15, 0.2) is 0 Å². The van der Waals surface area contributed by atoms with Gasteiger partial charge in [-0.15, -0.1) is 6.42 Å². The maximum Gasteiger partial charge on any atom is 0.348 e. The zero-order valence-electron chi connectivity index (χ0n) is 16.2. The van der Waals surface area contributed by atoms with Crippen LogP contribution >= 0.6 is 0 Å². The maximum absolute atomic E-state index is 12.7. The molecule has 0 unspecified atom stereocenters. The second kappa shape index (κ2) is 7.67. The molecule has 0 saturated carbocycles. The van der Waals surface area contributed by atoms with Gasteiger partial charge in [-0.05, 0) is 43.5 Å². The maximum atomic E-state index is 12.7. The van der Waals surface area contributed by atoms with E-state index in [1.165, 1.54) is 5.56 Å². The fourth-order valence-corrected chi connectivity index (χ4v) is 3.19. The van der Waals surface area contributed by atoms with Crippen LogP contribution in [0.3, 0.4) is 0 Å². The smallest absolute Gasteiger partial charge is 0.348 e. The lowest BCUT2D eigenvalue weighted by Crippen LogP contribution is -2.25. The van der Waals surface area contributed by atoms with Crippen LogP contribution in [0.1, 0.15) is 45.2 Å². The molecule has 2 aromatic carbocycles. The van der Waals surface area contributed by atoms with Crippen molar-refractivity contribution in [3.05, 3.63) is 58.5 Å². The van der Waals surface area contributed by atoms with Crippen molar-refractivity contribution in [2.75, 3.05) is 6.61 Å². The van der Waals surface area contributed by atoms with Crippen molar-refractivity contribution in [3.8, 4) is 29.4 Å². The molecule has 138 valence electrons. The van der Waals surface area contributed by atoms with Gasteiger partial charge >= 0.3 is 5.69 Å². The number of fused-ring (bicyclic) bond motifs is 1. The first-order chi connectivity index (χ1) is 12.9. The van der Waals surface area contributed by atoms with Gasteiger partial charge in [0, 0.05) is 17.0 Å². The van der Waals surface area contributed by atoms with E-state index >= 15 is 0 Å². The van der Waals surface area contributed by atoms with Gasteiger partial charge in [-0.1, -0.05) is 44.0 Å². The molecule has 0 N–H and O–H groups in total. The summed E-state index contributed by atoms with van der Waals surface area (Å²) in [6.07, 6.45) is 5.30. The van der Waals surface area contributed by atoms with Crippen LogP contribution in [0.25, 0.3) is 22.2 Å². The number of ether oxygens (including phenoxy) is 1. The molecule has 4 nitrogen and oxygen atoms in total. The Bertz CT molecular complexity index is 1050. The first kappa shape index (κ1) is 18.7. The van der Waals surface area contributed by atoms with E-state index < -0.39 is 0 Å². The Labute approximate surface area is 159 Å². The summed E-state index contributed by atoms with van der Waals surface area (Å²) in [5, 5.41) is 0.870. The van der Waals surface area contributed by atoms with E-state index in [9.17, 15) is 4.79 Å². The largest absolute Gasteiger partial charge is 0.481 e. The zero-order valence-corrected chi connectivity index (χ0v) is 16.2. The fraction of sp³-hybridized carbons (Fsp3) is 0.304. The van der Waals surface area contributed by atoms with Crippen molar-refractivity contribution in [2.24, 2.45) is 0 Å². The van der Waals surface area contributed by atoms with Crippen LogP contribution in [0.2, 0.25) is 0 Å². The van der Waals surface area contributed by atoms with Gasteiger partial charge in [-0.2, -0.15) is 4.98 Å². The molecule has 27 heavy (non-hydrogen) atoms. The van der Waals surface area contributed by atoms with Crippen molar-refractivity contribution in [1.29, 1.82) is 0 Å². The summed E-state index contributed by atoms with van der Waals surface area (Å²) >= 11 is 0. The summed E-state index contributed by atoms with van der Waals surface area (Å²) in [4.78, 5) is 17.1. The van der Waals surface area contributed by atoms with Crippen molar-refractivity contribution < 1.29 is 4.74 Å². The van der Waals surface area contributed by atoms with E-state index in [-0.39, 0.29) is 18.3 Å². The second-order valence-electron chi connectivity index (χ2n) is 7.16. The van der Waals surface area contributed by atoms with E-state index in [2.05, 4.69) is 36.9 Å². The highest BCUT2D eigenvalue weighted by atomic mass is 16.5. The van der Waals surface area contributed by atoms with E-state index in [1.54, 1.807) is 4.57 Å². The molecule has 3 rings (SSSR count). The summed E-state index contributed by atoms with van der Waals surface area (Å²) < 4.78 is 7.28. The molecule has 0 aliphatic heterocycles. The van der Waals surface area contributed by atoms with Gasteiger partial charge in [0.05, 0.1) is 11.2 Å². The quantitative estimate of drug-likeness (QED) is 0.615. The first-order valence-corrected chi connectivity index (χ1v) is 9.15. The molecule has 0 atom stereocenters. The fourth-order valence-electron chi connectivity index (χ4n) is 3.19. The average Bonchev–Trinajstić information content (AvgIpc) is 2.65. The van der Waals surface area contributed by atoms with E-state index in [0.29, 0.717) is 17.4 Å². The molecule has 0 bridgehead atoms. The third-order valence-corrected chi connectivity index (χ3v) is 4.59. The van der Waals surface area contributed by atoms with Gasteiger partial charge in [0.1, 0.15) is 12.4 Å². The molecular weight excluding hydrogens is 336 g/mol. The Kier molecular flexibility index (Phi) is 5.32. The van der Waals surface area contributed by atoms with E-state index in [4.69, 9.17) is 11.2 Å². The highest BCUT2D eigenvalue weighted by Crippen LogP contribution is 2.30. The van der Waals surface area contributed by atoms with Crippen molar-refractivity contribution in [3.63, 3.8) is 0 Å². The van der Waals surface area contributed by atoms with Crippen LogP contribution < -0.4 is 10.4 Å². The Balaban J connectivity index is 2.25. The lowest BCUT2D eigenvalue weighted by atomic mass is 9.99. The molecule has 0 aliphatic carbocycles. The van der Waals surface area contributed by atoms with Crippen molar-refractivity contribution in [1.82, 2.24) is 9.55 Å². The number of terminal acetylenes is 1. The number of rotatable bonds is 5. The van der Waals surface area contributed by atoms with E-state index in [1.807, 2.05) is 44.2 Å². The van der Waals surface area contributed by atoms with Crippen LogP contribution in [-0.2, 0) is 0 Å². The summed E-state index contributed by atoms with van der Waals surface area (Å²) in [5.41, 5.74) is 3.40. The Morgan fingerprint density at radius 2 is 1.81 bits per heavy atom. The van der Waals surface area contributed by atoms with Crippen molar-refractivity contribution >= 4 is 10.9 Å². The number of nitrogens with zero attached hydrogens (tertiary/aromatic N) is 2. The van der Waals surface area contributed by atoms with Gasteiger partial charge in [-0.25, -0.2) is 4.79 Å². The predicted molar refractivity (Wildman–Crippen MR) is 110 cm³/mol. The molecule has 4 heteroatoms. The van der Waals surface area contributed by atoms with Gasteiger partial charge < -0.3 is 4.74 Å². The highest BCUT2D eigenvalue weighted by molar-refractivity contribution is 5.93. The molecule has 0 aliphatic rings. The zero-order chi connectivity index (χ0) is 19.6. The topological polar surface area (TPSA) is 44.1 Å². The average molecular weight is 360 g/mol. The van der Waals surface area contributed by atoms with Gasteiger partial charge in [0.2, 0.25) is 0 Å². The molecular formula is C23H24N2O2. The molecule has 0 spiro atoms. The summed E-state index contributed by atoms with van der Waals surface area (Å²) in [6.45, 7) is 8.45.